The molecule has 176 valence electrons. The largest absolute Gasteiger partial charge is 0.464 e. The van der Waals surface area contributed by atoms with Crippen LogP contribution in [0.2, 0.25) is 0 Å². The first kappa shape index (κ1) is 25.6. The van der Waals surface area contributed by atoms with Gasteiger partial charge in [0.05, 0.1) is 24.6 Å². The first-order valence-corrected chi connectivity index (χ1v) is 11.7. The molecule has 0 bridgehead atoms. The average molecular weight is 466 g/mol. The Bertz CT molecular complexity index is 1010. The van der Waals surface area contributed by atoms with Crippen LogP contribution in [0.1, 0.15) is 32.3 Å². The zero-order valence-electron chi connectivity index (χ0n) is 19.1. The summed E-state index contributed by atoms with van der Waals surface area (Å²) in [4.78, 5) is 25.9. The lowest BCUT2D eigenvalue weighted by Gasteiger charge is -2.29. The number of nitrogens with zero attached hydrogens (tertiary/aromatic N) is 2. The molecule has 0 spiro atoms. The van der Waals surface area contributed by atoms with Crippen LogP contribution in [0.4, 0.5) is 5.69 Å². The summed E-state index contributed by atoms with van der Waals surface area (Å²) < 4.78 is 38.4. The Hall–Kier alpha value is -2.69. The molecule has 1 N–H and O–H groups in total. The van der Waals surface area contributed by atoms with Crippen molar-refractivity contribution in [1.82, 2.24) is 9.21 Å². The van der Waals surface area contributed by atoms with Crippen molar-refractivity contribution in [3.05, 3.63) is 47.9 Å². The maximum Gasteiger partial charge on any atom is 0.243 e. The van der Waals surface area contributed by atoms with E-state index in [4.69, 9.17) is 9.15 Å². The van der Waals surface area contributed by atoms with Gasteiger partial charge in [0.1, 0.15) is 11.5 Å². The van der Waals surface area contributed by atoms with Crippen LogP contribution in [0.15, 0.2) is 45.7 Å². The van der Waals surface area contributed by atoms with Crippen LogP contribution in [-0.2, 0) is 30.9 Å². The average Bonchev–Trinajstić information content (AvgIpc) is 3.13. The van der Waals surface area contributed by atoms with Crippen LogP contribution < -0.4 is 5.32 Å². The molecule has 0 unspecified atom stereocenters. The highest BCUT2D eigenvalue weighted by atomic mass is 32.2. The van der Waals surface area contributed by atoms with Gasteiger partial charge in [-0.25, -0.2) is 8.42 Å². The van der Waals surface area contributed by atoms with Crippen molar-refractivity contribution in [2.75, 3.05) is 32.1 Å². The lowest BCUT2D eigenvalue weighted by Crippen LogP contribution is -2.46. The van der Waals surface area contributed by atoms with Gasteiger partial charge in [0.2, 0.25) is 21.8 Å². The Morgan fingerprint density at radius 3 is 2.28 bits per heavy atom. The Morgan fingerprint density at radius 2 is 1.78 bits per heavy atom. The Balaban J connectivity index is 2.23. The van der Waals surface area contributed by atoms with E-state index in [1.807, 2.05) is 13.0 Å². The molecule has 0 fully saturated rings. The topological polar surface area (TPSA) is 109 Å². The molecular weight excluding hydrogens is 434 g/mol. The molecule has 0 atom stereocenters. The molecule has 0 aliphatic carbocycles. The van der Waals surface area contributed by atoms with Gasteiger partial charge in [-0.1, -0.05) is 0 Å². The molecule has 1 heterocycles. The van der Waals surface area contributed by atoms with Crippen molar-refractivity contribution in [2.45, 2.75) is 45.2 Å². The third-order valence-corrected chi connectivity index (χ3v) is 6.75. The Labute approximate surface area is 189 Å². The van der Waals surface area contributed by atoms with Gasteiger partial charge in [-0.05, 0) is 57.2 Å². The van der Waals surface area contributed by atoms with Gasteiger partial charge in [-0.2, -0.15) is 4.31 Å². The predicted octanol–water partition coefficient (Wildman–Crippen LogP) is 2.62. The number of carbonyl (C=O) groups is 2. The van der Waals surface area contributed by atoms with Crippen LogP contribution >= 0.6 is 0 Å². The molecular formula is C22H31N3O6S. The molecule has 0 aliphatic rings. The van der Waals surface area contributed by atoms with Crippen molar-refractivity contribution < 1.29 is 27.2 Å². The van der Waals surface area contributed by atoms with Crippen LogP contribution in [-0.4, -0.2) is 62.3 Å². The van der Waals surface area contributed by atoms with Crippen LogP contribution in [0.5, 0.6) is 0 Å². The predicted molar refractivity (Wildman–Crippen MR) is 121 cm³/mol. The van der Waals surface area contributed by atoms with Crippen LogP contribution in [0.3, 0.4) is 0 Å². The number of aryl methyl sites for hydroxylation is 1. The molecule has 9 nitrogen and oxygen atoms in total. The Kier molecular flexibility index (Phi) is 8.99. The standard InChI is InChI=1S/C22H31N3O6S/c1-16(2)25(32(28,29)21-10-7-19(8-11-21)23-18(4)26)15-22(27)24(12-13-30-5)14-20-9-6-17(3)31-20/h6-11,16H,12-15H2,1-5H3,(H,23,26). The second-order valence-electron chi connectivity index (χ2n) is 7.67. The lowest BCUT2D eigenvalue weighted by molar-refractivity contribution is -0.133. The molecule has 1 aromatic carbocycles. The maximum absolute atomic E-state index is 13.3. The van der Waals surface area contributed by atoms with E-state index in [2.05, 4.69) is 5.32 Å². The number of methoxy groups -OCH3 is 1. The summed E-state index contributed by atoms with van der Waals surface area (Å²) in [5, 5.41) is 2.60. The molecule has 0 saturated heterocycles. The number of carbonyl (C=O) groups excluding carboxylic acids is 2. The molecule has 0 radical (unpaired) electrons. The zero-order valence-corrected chi connectivity index (χ0v) is 19.9. The quantitative estimate of drug-likeness (QED) is 0.546. The normalized spacial score (nSPS) is 11.7. The van der Waals surface area contributed by atoms with Crippen molar-refractivity contribution in [3.63, 3.8) is 0 Å². The minimum absolute atomic E-state index is 0.0400. The molecule has 0 saturated carbocycles. The molecule has 2 aromatic rings. The number of hydrogen-bond donors (Lipinski definition) is 1. The number of amides is 2. The summed E-state index contributed by atoms with van der Waals surface area (Å²) in [5.74, 6) is 0.730. The van der Waals surface area contributed by atoms with Crippen molar-refractivity contribution >= 4 is 27.5 Å². The Morgan fingerprint density at radius 1 is 1.12 bits per heavy atom. The van der Waals surface area contributed by atoms with Crippen LogP contribution in [0, 0.1) is 6.92 Å². The van der Waals surface area contributed by atoms with E-state index in [1.54, 1.807) is 19.9 Å². The smallest absolute Gasteiger partial charge is 0.243 e. The fourth-order valence-electron chi connectivity index (χ4n) is 3.08. The van der Waals surface area contributed by atoms with Crippen molar-refractivity contribution in [2.24, 2.45) is 0 Å². The lowest BCUT2D eigenvalue weighted by atomic mass is 10.3. The summed E-state index contributed by atoms with van der Waals surface area (Å²) in [6.45, 7) is 7.12. The SMILES string of the molecule is COCCN(Cc1ccc(C)o1)C(=O)CN(C(C)C)S(=O)(=O)c1ccc(NC(C)=O)cc1. The van der Waals surface area contributed by atoms with E-state index < -0.39 is 16.1 Å². The number of rotatable bonds is 11. The molecule has 1 aromatic heterocycles. The van der Waals surface area contributed by atoms with Gasteiger partial charge >= 0.3 is 0 Å². The number of anilines is 1. The van der Waals surface area contributed by atoms with Gasteiger partial charge in [0.25, 0.3) is 0 Å². The summed E-state index contributed by atoms with van der Waals surface area (Å²) in [6.07, 6.45) is 0. The highest BCUT2D eigenvalue weighted by molar-refractivity contribution is 7.89. The van der Waals surface area contributed by atoms with Crippen molar-refractivity contribution in [3.8, 4) is 0 Å². The van der Waals surface area contributed by atoms with E-state index in [-0.39, 0.29) is 29.8 Å². The fraction of sp³-hybridized carbons (Fsp3) is 0.455. The number of hydrogen-bond acceptors (Lipinski definition) is 6. The fourth-order valence-corrected chi connectivity index (χ4v) is 4.67. The monoisotopic (exact) mass is 465 g/mol. The van der Waals surface area contributed by atoms with Gasteiger partial charge < -0.3 is 19.4 Å². The number of ether oxygens (including phenoxy) is 1. The summed E-state index contributed by atoms with van der Waals surface area (Å²) in [6, 6.07) is 9.00. The molecule has 2 rings (SSSR count). The second kappa shape index (κ2) is 11.3. The van der Waals surface area contributed by atoms with Gasteiger partial charge in [-0.3, -0.25) is 9.59 Å². The van der Waals surface area contributed by atoms with E-state index in [0.717, 1.165) is 10.1 Å². The highest BCUT2D eigenvalue weighted by Gasteiger charge is 2.31. The summed E-state index contributed by atoms with van der Waals surface area (Å²) >= 11 is 0. The van der Waals surface area contributed by atoms with Crippen LogP contribution in [0.25, 0.3) is 0 Å². The van der Waals surface area contributed by atoms with Gasteiger partial charge in [-0.15, -0.1) is 0 Å². The number of nitrogens with one attached hydrogen (secondary N) is 1. The van der Waals surface area contributed by atoms with E-state index >= 15 is 0 Å². The van der Waals surface area contributed by atoms with E-state index in [1.165, 1.54) is 43.2 Å². The third-order valence-electron chi connectivity index (χ3n) is 4.71. The first-order chi connectivity index (χ1) is 15.0. The molecule has 32 heavy (non-hydrogen) atoms. The van der Waals surface area contributed by atoms with Gasteiger partial charge in [0, 0.05) is 32.3 Å². The minimum atomic E-state index is -3.94. The van der Waals surface area contributed by atoms with E-state index in [9.17, 15) is 18.0 Å². The van der Waals surface area contributed by atoms with E-state index in [0.29, 0.717) is 24.6 Å². The molecule has 2 amide bonds. The highest BCUT2D eigenvalue weighted by Crippen LogP contribution is 2.21. The van der Waals surface area contributed by atoms with Crippen molar-refractivity contribution in [1.29, 1.82) is 0 Å². The maximum atomic E-state index is 13.3. The number of benzene rings is 1. The minimum Gasteiger partial charge on any atom is -0.464 e. The molecule has 0 aliphatic heterocycles. The number of furan rings is 1. The first-order valence-electron chi connectivity index (χ1n) is 10.3. The summed E-state index contributed by atoms with van der Waals surface area (Å²) in [5.41, 5.74) is 0.489. The summed E-state index contributed by atoms with van der Waals surface area (Å²) in [7, 11) is -2.41. The second-order valence-corrected chi connectivity index (χ2v) is 9.56. The zero-order chi connectivity index (χ0) is 23.9. The molecule has 10 heteroatoms. The third kappa shape index (κ3) is 6.91. The number of sulfonamides is 1. The van der Waals surface area contributed by atoms with Gasteiger partial charge in [0.15, 0.2) is 0 Å².